The van der Waals surface area contributed by atoms with Crippen molar-refractivity contribution in [3.8, 4) is 5.75 Å². The molecular formula is C12H14N2O2. The lowest BCUT2D eigenvalue weighted by molar-refractivity contribution is -0.121. The van der Waals surface area contributed by atoms with E-state index in [1.165, 1.54) is 0 Å². The Morgan fingerprint density at radius 2 is 1.88 bits per heavy atom. The molecule has 16 heavy (non-hydrogen) atoms. The fourth-order valence-electron chi connectivity index (χ4n) is 2.21. The van der Waals surface area contributed by atoms with Crippen molar-refractivity contribution in [3.05, 3.63) is 24.3 Å². The average molecular weight is 218 g/mol. The van der Waals surface area contributed by atoms with Gasteiger partial charge < -0.3 is 4.74 Å². The van der Waals surface area contributed by atoms with Crippen LogP contribution >= 0.6 is 0 Å². The predicted molar refractivity (Wildman–Crippen MR) is 60.2 cm³/mol. The van der Waals surface area contributed by atoms with Crippen LogP contribution in [0.15, 0.2) is 24.3 Å². The van der Waals surface area contributed by atoms with Crippen molar-refractivity contribution in [1.29, 1.82) is 0 Å². The van der Waals surface area contributed by atoms with Gasteiger partial charge >= 0.3 is 0 Å². The molecule has 0 atom stereocenters. The number of benzene rings is 1. The summed E-state index contributed by atoms with van der Waals surface area (Å²) in [7, 11) is 0. The van der Waals surface area contributed by atoms with Gasteiger partial charge in [-0.15, -0.1) is 0 Å². The van der Waals surface area contributed by atoms with Gasteiger partial charge in [0, 0.05) is 25.9 Å². The third kappa shape index (κ3) is 1.55. The lowest BCUT2D eigenvalue weighted by Crippen LogP contribution is -2.47. The van der Waals surface area contributed by atoms with E-state index in [0.29, 0.717) is 25.4 Å². The number of nitrogens with zero attached hydrogens (tertiary/aromatic N) is 2. The van der Waals surface area contributed by atoms with Gasteiger partial charge in [0.2, 0.25) is 0 Å². The van der Waals surface area contributed by atoms with E-state index in [9.17, 15) is 4.79 Å². The molecule has 1 aromatic rings. The van der Waals surface area contributed by atoms with Crippen molar-refractivity contribution in [3.63, 3.8) is 0 Å². The minimum atomic E-state index is 0.365. The number of anilines is 1. The summed E-state index contributed by atoms with van der Waals surface area (Å²) < 4.78 is 5.59. The van der Waals surface area contributed by atoms with Crippen molar-refractivity contribution >= 4 is 11.5 Å². The summed E-state index contributed by atoms with van der Waals surface area (Å²) in [5, 5.41) is 4.33. The molecule has 0 unspecified atom stereocenters. The Balaban J connectivity index is 1.80. The fourth-order valence-corrected chi connectivity index (χ4v) is 2.21. The minimum absolute atomic E-state index is 0.365. The van der Waals surface area contributed by atoms with E-state index in [1.807, 2.05) is 18.2 Å². The Kier molecular flexibility index (Phi) is 2.29. The van der Waals surface area contributed by atoms with Crippen molar-refractivity contribution < 1.29 is 9.53 Å². The number of hydrazine groups is 1. The van der Waals surface area contributed by atoms with Gasteiger partial charge in [-0.25, -0.2) is 5.01 Å². The average Bonchev–Trinajstić information content (AvgIpc) is 2.74. The molecule has 2 heterocycles. The Morgan fingerprint density at radius 1 is 1.12 bits per heavy atom. The third-order valence-electron chi connectivity index (χ3n) is 3.12. The first-order chi connectivity index (χ1) is 7.84. The second-order valence-electron chi connectivity index (χ2n) is 4.13. The summed E-state index contributed by atoms with van der Waals surface area (Å²) in [6.07, 6.45) is 1.30. The second kappa shape index (κ2) is 3.79. The van der Waals surface area contributed by atoms with Crippen LogP contribution in [0.1, 0.15) is 12.8 Å². The van der Waals surface area contributed by atoms with E-state index >= 15 is 0 Å². The van der Waals surface area contributed by atoms with Crippen molar-refractivity contribution in [2.75, 3.05) is 24.8 Å². The number of piperidine rings is 1. The first kappa shape index (κ1) is 9.66. The zero-order chi connectivity index (χ0) is 11.0. The summed E-state index contributed by atoms with van der Waals surface area (Å²) in [5.41, 5.74) is 1.11. The molecule has 3 rings (SSSR count). The van der Waals surface area contributed by atoms with Crippen LogP contribution in [-0.2, 0) is 4.79 Å². The number of ether oxygens (including phenoxy) is 1. The normalized spacial score (nSPS) is 20.8. The van der Waals surface area contributed by atoms with Gasteiger partial charge in [0.15, 0.2) is 6.73 Å². The van der Waals surface area contributed by atoms with E-state index in [2.05, 4.69) is 16.1 Å². The summed E-state index contributed by atoms with van der Waals surface area (Å²) in [5.74, 6) is 1.30. The molecule has 0 radical (unpaired) electrons. The van der Waals surface area contributed by atoms with Gasteiger partial charge in [-0.3, -0.25) is 9.80 Å². The van der Waals surface area contributed by atoms with Crippen LogP contribution in [-0.4, -0.2) is 30.6 Å². The Hall–Kier alpha value is -1.55. The maximum absolute atomic E-state index is 11.2. The number of Topliss-reactive ketones (excluding diaryl/α,β-unsaturated/α-hetero) is 1. The van der Waals surface area contributed by atoms with Gasteiger partial charge in [0.1, 0.15) is 11.5 Å². The first-order valence-electron chi connectivity index (χ1n) is 5.60. The van der Waals surface area contributed by atoms with Crippen LogP contribution in [0.5, 0.6) is 5.75 Å². The lowest BCUT2D eigenvalue weighted by atomic mass is 10.1. The molecule has 2 aliphatic heterocycles. The van der Waals surface area contributed by atoms with Crippen molar-refractivity contribution in [2.45, 2.75) is 12.8 Å². The van der Waals surface area contributed by atoms with Crippen LogP contribution in [0, 0.1) is 0 Å². The number of rotatable bonds is 1. The van der Waals surface area contributed by atoms with Crippen molar-refractivity contribution in [2.24, 2.45) is 0 Å². The van der Waals surface area contributed by atoms with Crippen LogP contribution < -0.4 is 9.75 Å². The van der Waals surface area contributed by atoms with Crippen LogP contribution in [0.3, 0.4) is 0 Å². The fraction of sp³-hybridized carbons (Fsp3) is 0.417. The van der Waals surface area contributed by atoms with Gasteiger partial charge in [-0.05, 0) is 12.1 Å². The summed E-state index contributed by atoms with van der Waals surface area (Å²) >= 11 is 0. The number of hydrogen-bond donors (Lipinski definition) is 0. The summed E-state index contributed by atoms with van der Waals surface area (Å²) in [6.45, 7) is 2.17. The highest BCUT2D eigenvalue weighted by Gasteiger charge is 2.28. The molecule has 4 nitrogen and oxygen atoms in total. The van der Waals surface area contributed by atoms with Crippen LogP contribution in [0.2, 0.25) is 0 Å². The number of carbonyl (C=O) groups excluding carboxylic acids is 1. The van der Waals surface area contributed by atoms with Gasteiger partial charge in [0.05, 0.1) is 5.69 Å². The molecule has 4 heteroatoms. The molecule has 0 bridgehead atoms. The monoisotopic (exact) mass is 218 g/mol. The molecule has 1 fully saturated rings. The predicted octanol–water partition coefficient (Wildman–Crippen LogP) is 1.42. The molecule has 1 aromatic carbocycles. The second-order valence-corrected chi connectivity index (χ2v) is 4.13. The molecule has 0 aliphatic carbocycles. The molecular weight excluding hydrogens is 204 g/mol. The first-order valence-corrected chi connectivity index (χ1v) is 5.60. The highest BCUT2D eigenvalue weighted by molar-refractivity contribution is 5.79. The van der Waals surface area contributed by atoms with Crippen LogP contribution in [0.25, 0.3) is 0 Å². The molecule has 0 aromatic heterocycles. The number of ketones is 1. The quantitative estimate of drug-likeness (QED) is 0.713. The summed E-state index contributed by atoms with van der Waals surface area (Å²) in [6, 6.07) is 8.01. The SMILES string of the molecule is O=C1CCN(N2COc3ccccc32)CC1. The number of hydrogen-bond acceptors (Lipinski definition) is 4. The highest BCUT2D eigenvalue weighted by atomic mass is 16.5. The topological polar surface area (TPSA) is 32.8 Å². The lowest BCUT2D eigenvalue weighted by Gasteiger charge is -2.34. The minimum Gasteiger partial charge on any atom is -0.470 e. The molecule has 2 aliphatic rings. The Morgan fingerprint density at radius 3 is 2.69 bits per heavy atom. The Labute approximate surface area is 94.4 Å². The molecule has 0 spiro atoms. The van der Waals surface area contributed by atoms with E-state index in [1.54, 1.807) is 0 Å². The number of fused-ring (bicyclic) bond motifs is 1. The molecule has 0 amide bonds. The zero-order valence-electron chi connectivity index (χ0n) is 9.06. The van der Waals surface area contributed by atoms with Gasteiger partial charge in [0.25, 0.3) is 0 Å². The van der Waals surface area contributed by atoms with E-state index < -0.39 is 0 Å². The third-order valence-corrected chi connectivity index (χ3v) is 3.12. The van der Waals surface area contributed by atoms with E-state index in [-0.39, 0.29) is 0 Å². The van der Waals surface area contributed by atoms with Crippen LogP contribution in [0.4, 0.5) is 5.69 Å². The van der Waals surface area contributed by atoms with Gasteiger partial charge in [-0.2, -0.15) is 0 Å². The standard InChI is InChI=1S/C12H14N2O2/c15-10-5-7-13(8-6-10)14-9-16-12-4-2-1-3-11(12)14/h1-4H,5-9H2. The van der Waals surface area contributed by atoms with Crippen molar-refractivity contribution in [1.82, 2.24) is 5.01 Å². The number of para-hydroxylation sites is 2. The summed E-state index contributed by atoms with van der Waals surface area (Å²) in [4.78, 5) is 11.2. The van der Waals surface area contributed by atoms with E-state index in [0.717, 1.165) is 24.5 Å². The van der Waals surface area contributed by atoms with Gasteiger partial charge in [-0.1, -0.05) is 12.1 Å². The smallest absolute Gasteiger partial charge is 0.175 e. The molecule has 1 saturated heterocycles. The highest BCUT2D eigenvalue weighted by Crippen LogP contribution is 2.34. The number of carbonyl (C=O) groups is 1. The molecule has 84 valence electrons. The maximum Gasteiger partial charge on any atom is 0.175 e. The Bertz CT molecular complexity index is 409. The molecule has 0 saturated carbocycles. The molecule has 0 N–H and O–H groups in total. The largest absolute Gasteiger partial charge is 0.470 e. The zero-order valence-corrected chi connectivity index (χ0v) is 9.06. The maximum atomic E-state index is 11.2. The van der Waals surface area contributed by atoms with E-state index in [4.69, 9.17) is 4.74 Å².